The predicted octanol–water partition coefficient (Wildman–Crippen LogP) is 4.72. The van der Waals surface area contributed by atoms with E-state index in [9.17, 15) is 4.79 Å². The van der Waals surface area contributed by atoms with E-state index in [1.807, 2.05) is 64.1 Å². The number of nitrogens with zero attached hydrogens (tertiary/aromatic N) is 1. The number of rotatable bonds is 2. The molecule has 2 aromatic carbocycles. The molecule has 0 spiro atoms. The van der Waals surface area contributed by atoms with Crippen LogP contribution in [0.25, 0.3) is 10.9 Å². The number of fused-ring (bicyclic) bond motifs is 1. The van der Waals surface area contributed by atoms with E-state index in [1.54, 1.807) is 0 Å². The summed E-state index contributed by atoms with van der Waals surface area (Å²) in [6.07, 6.45) is 0. The van der Waals surface area contributed by atoms with E-state index in [2.05, 4.69) is 16.4 Å². The molecule has 0 aliphatic heterocycles. The third-order valence-corrected chi connectivity index (χ3v) is 3.97. The van der Waals surface area contributed by atoms with Crippen LogP contribution in [0.4, 0.5) is 5.69 Å². The van der Waals surface area contributed by atoms with Gasteiger partial charge in [0.25, 0.3) is 5.91 Å². The van der Waals surface area contributed by atoms with Crippen molar-refractivity contribution in [2.75, 3.05) is 5.32 Å². The number of hydrogen-bond donors (Lipinski definition) is 1. The Kier molecular flexibility index (Phi) is 3.87. The number of anilines is 1. The molecule has 0 saturated carbocycles. The fourth-order valence-corrected chi connectivity index (χ4v) is 2.80. The van der Waals surface area contributed by atoms with E-state index >= 15 is 0 Å². The fraction of sp³-hybridized carbons (Fsp3) is 0.200. The Bertz CT molecular complexity index is 913. The first kappa shape index (κ1) is 15.2. The molecule has 3 nitrogen and oxygen atoms in total. The molecule has 116 valence electrons. The molecule has 0 atom stereocenters. The van der Waals surface area contributed by atoms with Gasteiger partial charge in [0.2, 0.25) is 0 Å². The van der Waals surface area contributed by atoms with Crippen molar-refractivity contribution in [2.45, 2.75) is 27.7 Å². The molecular weight excluding hydrogens is 284 g/mol. The predicted molar refractivity (Wildman–Crippen MR) is 95.1 cm³/mol. The first-order chi connectivity index (χ1) is 10.9. The molecule has 0 aliphatic carbocycles. The van der Waals surface area contributed by atoms with E-state index in [1.165, 1.54) is 5.56 Å². The second-order valence-electron chi connectivity index (χ2n) is 6.10. The number of aromatic nitrogens is 1. The van der Waals surface area contributed by atoms with Gasteiger partial charge in [-0.3, -0.25) is 9.78 Å². The third-order valence-electron chi connectivity index (χ3n) is 3.97. The van der Waals surface area contributed by atoms with Crippen LogP contribution < -0.4 is 5.32 Å². The van der Waals surface area contributed by atoms with Gasteiger partial charge >= 0.3 is 0 Å². The highest BCUT2D eigenvalue weighted by Crippen LogP contribution is 2.22. The van der Waals surface area contributed by atoms with Crippen LogP contribution in [0.3, 0.4) is 0 Å². The monoisotopic (exact) mass is 304 g/mol. The minimum atomic E-state index is -0.0990. The molecule has 1 heterocycles. The van der Waals surface area contributed by atoms with Crippen molar-refractivity contribution in [2.24, 2.45) is 0 Å². The quantitative estimate of drug-likeness (QED) is 0.744. The Morgan fingerprint density at radius 2 is 1.61 bits per heavy atom. The van der Waals surface area contributed by atoms with Crippen LogP contribution in [-0.4, -0.2) is 10.9 Å². The van der Waals surface area contributed by atoms with Crippen molar-refractivity contribution in [3.8, 4) is 0 Å². The van der Waals surface area contributed by atoms with E-state index in [4.69, 9.17) is 0 Å². The van der Waals surface area contributed by atoms with Crippen LogP contribution in [-0.2, 0) is 0 Å². The number of nitrogens with one attached hydrogen (secondary N) is 1. The molecule has 1 amide bonds. The molecule has 0 unspecified atom stereocenters. The van der Waals surface area contributed by atoms with Gasteiger partial charge in [-0.25, -0.2) is 0 Å². The van der Waals surface area contributed by atoms with E-state index in [0.29, 0.717) is 5.56 Å². The number of carbonyl (C=O) groups is 1. The lowest BCUT2D eigenvalue weighted by Crippen LogP contribution is -2.14. The highest BCUT2D eigenvalue weighted by Gasteiger charge is 2.13. The molecule has 1 aromatic heterocycles. The number of hydrogen-bond acceptors (Lipinski definition) is 2. The van der Waals surface area contributed by atoms with E-state index in [-0.39, 0.29) is 5.91 Å². The smallest absolute Gasteiger partial charge is 0.256 e. The Balaban J connectivity index is 2.05. The lowest BCUT2D eigenvalue weighted by atomic mass is 10.0. The minimum Gasteiger partial charge on any atom is -0.322 e. The maximum Gasteiger partial charge on any atom is 0.256 e. The second kappa shape index (κ2) is 5.84. The summed E-state index contributed by atoms with van der Waals surface area (Å²) in [5.74, 6) is -0.0990. The van der Waals surface area contributed by atoms with Gasteiger partial charge in [-0.05, 0) is 57.5 Å². The molecule has 1 N–H and O–H groups in total. The molecule has 0 aliphatic rings. The topological polar surface area (TPSA) is 42.0 Å². The number of carbonyl (C=O) groups excluding carboxylic acids is 1. The second-order valence-corrected chi connectivity index (χ2v) is 6.10. The highest BCUT2D eigenvalue weighted by molar-refractivity contribution is 6.12. The first-order valence-corrected chi connectivity index (χ1v) is 7.70. The summed E-state index contributed by atoms with van der Waals surface area (Å²) in [7, 11) is 0. The Morgan fingerprint density at radius 3 is 2.35 bits per heavy atom. The van der Waals surface area contributed by atoms with Gasteiger partial charge in [0.05, 0.1) is 11.1 Å². The van der Waals surface area contributed by atoms with Crippen molar-refractivity contribution < 1.29 is 4.79 Å². The van der Waals surface area contributed by atoms with Crippen molar-refractivity contribution in [3.05, 3.63) is 70.4 Å². The summed E-state index contributed by atoms with van der Waals surface area (Å²) in [5, 5.41) is 3.91. The zero-order valence-electron chi connectivity index (χ0n) is 13.9. The van der Waals surface area contributed by atoms with Crippen molar-refractivity contribution >= 4 is 22.5 Å². The van der Waals surface area contributed by atoms with Gasteiger partial charge in [0, 0.05) is 16.8 Å². The zero-order valence-corrected chi connectivity index (χ0v) is 13.9. The van der Waals surface area contributed by atoms with Gasteiger partial charge in [-0.2, -0.15) is 0 Å². The summed E-state index contributed by atoms with van der Waals surface area (Å²) in [5.41, 5.74) is 6.55. The molecule has 23 heavy (non-hydrogen) atoms. The zero-order chi connectivity index (χ0) is 16.6. The van der Waals surface area contributed by atoms with Gasteiger partial charge in [-0.1, -0.05) is 29.3 Å². The standard InChI is InChI=1S/C20H20N2O/c1-12-5-7-18(14(3)9-12)22-20(23)17-11-15(4)21-19-8-6-13(2)10-16(17)19/h5-11H,1-4H3,(H,22,23). The van der Waals surface area contributed by atoms with Gasteiger partial charge in [-0.15, -0.1) is 0 Å². The summed E-state index contributed by atoms with van der Waals surface area (Å²) in [6.45, 7) is 7.97. The first-order valence-electron chi connectivity index (χ1n) is 7.70. The SMILES string of the molecule is Cc1ccc(NC(=O)c2cc(C)nc3ccc(C)cc23)c(C)c1. The van der Waals surface area contributed by atoms with Crippen LogP contribution in [0.5, 0.6) is 0 Å². The Labute approximate surface area is 136 Å². The summed E-state index contributed by atoms with van der Waals surface area (Å²) < 4.78 is 0. The fourth-order valence-electron chi connectivity index (χ4n) is 2.80. The van der Waals surface area contributed by atoms with Crippen LogP contribution in [0, 0.1) is 27.7 Å². The van der Waals surface area contributed by atoms with Crippen molar-refractivity contribution in [1.29, 1.82) is 0 Å². The minimum absolute atomic E-state index is 0.0990. The van der Waals surface area contributed by atoms with Crippen molar-refractivity contribution in [3.63, 3.8) is 0 Å². The molecule has 3 rings (SSSR count). The Hall–Kier alpha value is -2.68. The summed E-state index contributed by atoms with van der Waals surface area (Å²) in [6, 6.07) is 13.9. The molecule has 0 fully saturated rings. The maximum absolute atomic E-state index is 12.8. The Morgan fingerprint density at radius 1 is 0.913 bits per heavy atom. The van der Waals surface area contributed by atoms with Crippen molar-refractivity contribution in [1.82, 2.24) is 4.98 Å². The molecular formula is C20H20N2O. The summed E-state index contributed by atoms with van der Waals surface area (Å²) >= 11 is 0. The van der Waals surface area contributed by atoms with E-state index in [0.717, 1.165) is 33.4 Å². The van der Waals surface area contributed by atoms with Gasteiger partial charge in [0.1, 0.15) is 0 Å². The average molecular weight is 304 g/mol. The van der Waals surface area contributed by atoms with E-state index < -0.39 is 0 Å². The van der Waals surface area contributed by atoms with Crippen LogP contribution in [0.15, 0.2) is 42.5 Å². The lowest BCUT2D eigenvalue weighted by molar-refractivity contribution is 0.102. The molecule has 3 heteroatoms. The van der Waals surface area contributed by atoms with Crippen LogP contribution >= 0.6 is 0 Å². The molecule has 0 radical (unpaired) electrons. The maximum atomic E-state index is 12.8. The number of pyridine rings is 1. The van der Waals surface area contributed by atoms with Gasteiger partial charge < -0.3 is 5.32 Å². The number of benzene rings is 2. The molecule has 3 aromatic rings. The number of amides is 1. The highest BCUT2D eigenvalue weighted by atomic mass is 16.1. The van der Waals surface area contributed by atoms with Gasteiger partial charge in [0.15, 0.2) is 0 Å². The van der Waals surface area contributed by atoms with Crippen LogP contribution in [0.2, 0.25) is 0 Å². The number of aryl methyl sites for hydroxylation is 4. The summed E-state index contributed by atoms with van der Waals surface area (Å²) in [4.78, 5) is 17.3. The largest absolute Gasteiger partial charge is 0.322 e. The van der Waals surface area contributed by atoms with Crippen LogP contribution in [0.1, 0.15) is 32.7 Å². The molecule has 0 saturated heterocycles. The normalized spacial score (nSPS) is 10.8. The third kappa shape index (κ3) is 3.09. The average Bonchev–Trinajstić information content (AvgIpc) is 2.49. The molecule has 0 bridgehead atoms. The lowest BCUT2D eigenvalue weighted by Gasteiger charge is -2.12.